The van der Waals surface area contributed by atoms with Gasteiger partial charge in [-0.05, 0) is 67.6 Å². The molecule has 0 fully saturated rings. The fourth-order valence-corrected chi connectivity index (χ4v) is 5.24. The minimum Gasteiger partial charge on any atom is -0.469 e. The fraction of sp³-hybridized carbons (Fsp3) is 0.406. The molecule has 0 aliphatic heterocycles. The van der Waals surface area contributed by atoms with Crippen molar-refractivity contribution in [1.82, 2.24) is 0 Å². The van der Waals surface area contributed by atoms with Gasteiger partial charge in [-0.1, -0.05) is 55.5 Å². The van der Waals surface area contributed by atoms with Gasteiger partial charge in [-0.25, -0.2) is 0 Å². The fourth-order valence-electron chi connectivity index (χ4n) is 5.24. The maximum Gasteiger partial charge on any atom is 0.311 e. The molecule has 39 heavy (non-hydrogen) atoms. The van der Waals surface area contributed by atoms with Gasteiger partial charge in [0, 0.05) is 5.56 Å². The van der Waals surface area contributed by atoms with Crippen molar-refractivity contribution >= 4 is 39.5 Å². The molecule has 0 amide bonds. The van der Waals surface area contributed by atoms with E-state index < -0.39 is 41.4 Å². The lowest BCUT2D eigenvalue weighted by Gasteiger charge is -2.35. The van der Waals surface area contributed by atoms with Crippen LogP contribution in [0.15, 0.2) is 67.8 Å². The SMILES string of the molecule is C=C.CCC(CC(C)(CC(C)(C)C(=O)OCc1c2ccccc2cc2ccccc12)C(=O)OC)C(=O)OCO. The number of carbonyl (C=O) groups is 3. The Balaban J connectivity index is 0.00000260. The smallest absolute Gasteiger partial charge is 0.311 e. The topological polar surface area (TPSA) is 99.1 Å². The Labute approximate surface area is 230 Å². The predicted molar refractivity (Wildman–Crippen MR) is 153 cm³/mol. The number of aliphatic hydroxyl groups is 1. The van der Waals surface area contributed by atoms with Gasteiger partial charge in [0.1, 0.15) is 6.61 Å². The molecule has 0 saturated carbocycles. The molecule has 3 aromatic rings. The molecule has 0 saturated heterocycles. The van der Waals surface area contributed by atoms with Crippen LogP contribution < -0.4 is 0 Å². The van der Waals surface area contributed by atoms with Crippen LogP contribution in [-0.2, 0) is 35.2 Å². The zero-order valence-corrected chi connectivity index (χ0v) is 23.6. The van der Waals surface area contributed by atoms with Crippen LogP contribution >= 0.6 is 0 Å². The van der Waals surface area contributed by atoms with Crippen molar-refractivity contribution in [2.75, 3.05) is 13.9 Å². The average molecular weight is 537 g/mol. The molecule has 210 valence electrons. The molecule has 0 radical (unpaired) electrons. The van der Waals surface area contributed by atoms with Gasteiger partial charge in [0.15, 0.2) is 6.79 Å². The highest BCUT2D eigenvalue weighted by molar-refractivity contribution is 6.02. The zero-order chi connectivity index (χ0) is 29.2. The van der Waals surface area contributed by atoms with Crippen molar-refractivity contribution in [3.05, 3.63) is 73.3 Å². The lowest BCUT2D eigenvalue weighted by atomic mass is 9.69. The molecule has 2 atom stereocenters. The lowest BCUT2D eigenvalue weighted by molar-refractivity contribution is -0.165. The largest absolute Gasteiger partial charge is 0.469 e. The molecular weight excluding hydrogens is 496 g/mol. The summed E-state index contributed by atoms with van der Waals surface area (Å²) >= 11 is 0. The first-order chi connectivity index (χ1) is 18.6. The monoisotopic (exact) mass is 536 g/mol. The Hall–Kier alpha value is -3.71. The second-order valence-electron chi connectivity index (χ2n) is 10.4. The summed E-state index contributed by atoms with van der Waals surface area (Å²) in [5, 5.41) is 13.1. The number of hydrogen-bond donors (Lipinski definition) is 1. The summed E-state index contributed by atoms with van der Waals surface area (Å²) in [7, 11) is 1.28. The van der Waals surface area contributed by atoms with Gasteiger partial charge >= 0.3 is 17.9 Å². The molecule has 0 bridgehead atoms. The van der Waals surface area contributed by atoms with Crippen molar-refractivity contribution in [2.45, 2.75) is 53.6 Å². The van der Waals surface area contributed by atoms with E-state index in [4.69, 9.17) is 19.3 Å². The van der Waals surface area contributed by atoms with Crippen molar-refractivity contribution in [1.29, 1.82) is 0 Å². The van der Waals surface area contributed by atoms with Crippen LogP contribution in [0.25, 0.3) is 21.5 Å². The molecule has 0 aliphatic rings. The summed E-state index contributed by atoms with van der Waals surface area (Å²) in [5.74, 6) is -2.21. The molecule has 3 rings (SSSR count). The highest BCUT2D eigenvalue weighted by Gasteiger charge is 2.46. The molecule has 0 spiro atoms. The van der Waals surface area contributed by atoms with E-state index in [-0.39, 0.29) is 19.4 Å². The third kappa shape index (κ3) is 7.45. The number of aliphatic hydroxyl groups excluding tert-OH is 1. The lowest BCUT2D eigenvalue weighted by Crippen LogP contribution is -2.41. The summed E-state index contributed by atoms with van der Waals surface area (Å²) in [6.07, 6.45) is 0.620. The van der Waals surface area contributed by atoms with Gasteiger partial charge < -0.3 is 19.3 Å². The van der Waals surface area contributed by atoms with Crippen LogP contribution in [-0.4, -0.2) is 36.9 Å². The van der Waals surface area contributed by atoms with Gasteiger partial charge in [0.05, 0.1) is 23.9 Å². The van der Waals surface area contributed by atoms with Crippen LogP contribution in [0.1, 0.15) is 52.5 Å². The molecule has 7 heteroatoms. The number of esters is 3. The molecule has 3 aromatic carbocycles. The number of rotatable bonds is 11. The summed E-state index contributed by atoms with van der Waals surface area (Å²) < 4.78 is 15.7. The maximum absolute atomic E-state index is 13.4. The highest BCUT2D eigenvalue weighted by atomic mass is 16.6. The number of fused-ring (bicyclic) bond motifs is 2. The van der Waals surface area contributed by atoms with E-state index in [0.29, 0.717) is 6.42 Å². The number of hydrogen-bond acceptors (Lipinski definition) is 7. The average Bonchev–Trinajstić information content (AvgIpc) is 2.94. The van der Waals surface area contributed by atoms with Gasteiger partial charge in [-0.15, -0.1) is 13.2 Å². The molecule has 0 aromatic heterocycles. The van der Waals surface area contributed by atoms with Crippen molar-refractivity contribution in [2.24, 2.45) is 16.7 Å². The van der Waals surface area contributed by atoms with Gasteiger partial charge in [0.2, 0.25) is 0 Å². The summed E-state index contributed by atoms with van der Waals surface area (Å²) in [6, 6.07) is 18.1. The summed E-state index contributed by atoms with van der Waals surface area (Å²) in [5.41, 5.74) is -1.28. The molecule has 0 heterocycles. The first-order valence-electron chi connectivity index (χ1n) is 13.0. The molecule has 7 nitrogen and oxygen atoms in total. The summed E-state index contributed by atoms with van der Waals surface area (Å²) in [4.78, 5) is 38.6. The molecule has 1 N–H and O–H groups in total. The standard InChI is InChI=1S/C30H36O7.C2H4/c1-6-20(26(32)37-19-31)16-30(4,28(34)35-5)18-29(2,3)27(33)36-17-25-23-13-9-7-11-21(23)15-22-12-8-10-14-24(22)25;1-2/h7-15,20,31H,6,16-19H2,1-5H3;1-2H2. The van der Waals surface area contributed by atoms with Crippen LogP contribution in [0, 0.1) is 16.7 Å². The number of ether oxygens (including phenoxy) is 3. The number of methoxy groups -OCH3 is 1. The second-order valence-corrected chi connectivity index (χ2v) is 10.4. The van der Waals surface area contributed by atoms with E-state index in [9.17, 15) is 14.4 Å². The molecular formula is C32H40O7. The van der Waals surface area contributed by atoms with Crippen LogP contribution in [0.4, 0.5) is 0 Å². The first kappa shape index (κ1) is 31.5. The molecule has 2 unspecified atom stereocenters. The minimum absolute atomic E-state index is 0.0828. The summed E-state index contributed by atoms with van der Waals surface area (Å²) in [6.45, 7) is 12.3. The maximum atomic E-state index is 13.4. The zero-order valence-electron chi connectivity index (χ0n) is 23.6. The molecule has 0 aliphatic carbocycles. The third-order valence-electron chi connectivity index (χ3n) is 7.02. The van der Waals surface area contributed by atoms with Gasteiger partial charge in [0.25, 0.3) is 0 Å². The van der Waals surface area contributed by atoms with E-state index in [1.54, 1.807) is 27.7 Å². The van der Waals surface area contributed by atoms with Crippen LogP contribution in [0.3, 0.4) is 0 Å². The highest BCUT2D eigenvalue weighted by Crippen LogP contribution is 2.42. The number of carbonyl (C=O) groups excluding carboxylic acids is 3. The van der Waals surface area contributed by atoms with E-state index in [1.165, 1.54) is 7.11 Å². The van der Waals surface area contributed by atoms with Crippen LogP contribution in [0.5, 0.6) is 0 Å². The Bertz CT molecular complexity index is 1240. The Morgan fingerprint density at radius 1 is 0.897 bits per heavy atom. The van der Waals surface area contributed by atoms with E-state index >= 15 is 0 Å². The number of benzene rings is 3. The normalized spacial score (nSPS) is 13.5. The minimum atomic E-state index is -1.15. The Morgan fingerprint density at radius 3 is 1.92 bits per heavy atom. The van der Waals surface area contributed by atoms with Gasteiger partial charge in [-0.3, -0.25) is 14.4 Å². The van der Waals surface area contributed by atoms with E-state index in [0.717, 1.165) is 27.1 Å². The van der Waals surface area contributed by atoms with Crippen molar-refractivity contribution < 1.29 is 33.7 Å². The third-order valence-corrected chi connectivity index (χ3v) is 7.02. The first-order valence-corrected chi connectivity index (χ1v) is 13.0. The Kier molecular flexibility index (Phi) is 11.2. The predicted octanol–water partition coefficient (Wildman–Crippen LogP) is 6.34. The Morgan fingerprint density at radius 2 is 1.44 bits per heavy atom. The van der Waals surface area contributed by atoms with E-state index in [1.807, 2.05) is 48.5 Å². The second kappa shape index (κ2) is 13.9. The van der Waals surface area contributed by atoms with E-state index in [2.05, 4.69) is 19.2 Å². The van der Waals surface area contributed by atoms with Crippen molar-refractivity contribution in [3.8, 4) is 0 Å². The van der Waals surface area contributed by atoms with Crippen LogP contribution in [0.2, 0.25) is 0 Å². The van der Waals surface area contributed by atoms with Crippen molar-refractivity contribution in [3.63, 3.8) is 0 Å². The quantitative estimate of drug-likeness (QED) is 0.100. The van der Waals surface area contributed by atoms with Gasteiger partial charge in [-0.2, -0.15) is 0 Å².